The summed E-state index contributed by atoms with van der Waals surface area (Å²) in [5.74, 6) is 0.488. The van der Waals surface area contributed by atoms with Gasteiger partial charge < -0.3 is 0 Å². The van der Waals surface area contributed by atoms with Gasteiger partial charge in [0.1, 0.15) is 0 Å². The molecule has 0 saturated heterocycles. The molecule has 0 spiro atoms. The van der Waals surface area contributed by atoms with E-state index in [1.807, 2.05) is 20.8 Å². The average molecular weight is 370 g/mol. The second kappa shape index (κ2) is 4.04. The highest BCUT2D eigenvalue weighted by atomic mass is 127. The van der Waals surface area contributed by atoms with Crippen molar-refractivity contribution >= 4 is 28.2 Å². The van der Waals surface area contributed by atoms with Gasteiger partial charge >= 0.3 is 6.18 Å². The van der Waals surface area contributed by atoms with Crippen molar-refractivity contribution in [2.45, 2.75) is 32.4 Å². The zero-order valence-electron chi connectivity index (χ0n) is 9.88. The van der Waals surface area contributed by atoms with Crippen LogP contribution in [0.15, 0.2) is 6.07 Å². The summed E-state index contributed by atoms with van der Waals surface area (Å²) in [4.78, 5) is 7.62. The maximum Gasteiger partial charge on any atom is 0.433 e. The van der Waals surface area contributed by atoms with E-state index in [0.717, 1.165) is 6.07 Å². The van der Waals surface area contributed by atoms with E-state index in [-0.39, 0.29) is 14.9 Å². The Morgan fingerprint density at radius 2 is 1.78 bits per heavy atom. The molecule has 4 nitrogen and oxygen atoms in total. The lowest BCUT2D eigenvalue weighted by Crippen LogP contribution is -2.14. The Morgan fingerprint density at radius 1 is 1.17 bits per heavy atom. The van der Waals surface area contributed by atoms with Crippen LogP contribution in [0.5, 0.6) is 0 Å². The van der Waals surface area contributed by atoms with Crippen LogP contribution in [0.4, 0.5) is 13.2 Å². The van der Waals surface area contributed by atoms with Crippen LogP contribution in [0.25, 0.3) is 5.65 Å². The number of hydrogen-bond acceptors (Lipinski definition) is 3. The largest absolute Gasteiger partial charge is 0.433 e. The lowest BCUT2D eigenvalue weighted by atomic mass is 9.96. The first-order chi connectivity index (χ1) is 8.09. The fourth-order valence-electron chi connectivity index (χ4n) is 1.32. The minimum absolute atomic E-state index is 0.139. The van der Waals surface area contributed by atoms with Crippen LogP contribution in [0.3, 0.4) is 0 Å². The van der Waals surface area contributed by atoms with Gasteiger partial charge in [0.05, 0.1) is 0 Å². The predicted molar refractivity (Wildman–Crippen MR) is 67.2 cm³/mol. The normalized spacial score (nSPS) is 13.3. The van der Waals surface area contributed by atoms with E-state index in [9.17, 15) is 13.2 Å². The SMILES string of the molecule is CC(C)(C)c1nc2cc(C(F)(F)F)nc(I)n2n1. The lowest BCUT2D eigenvalue weighted by Gasteiger charge is -2.11. The molecule has 8 heteroatoms. The highest BCUT2D eigenvalue weighted by Crippen LogP contribution is 2.29. The first-order valence-corrected chi connectivity index (χ1v) is 6.18. The Labute approximate surface area is 115 Å². The standard InChI is InChI=1S/C10H10F3IN4/c1-9(2,3)7-16-6-4-5(10(11,12)13)15-8(14)18(6)17-7/h4H,1-3H3. The molecule has 2 aromatic heterocycles. The Bertz CT molecular complexity index is 597. The Kier molecular flexibility index (Phi) is 3.03. The summed E-state index contributed by atoms with van der Waals surface area (Å²) in [6, 6.07) is 0.907. The summed E-state index contributed by atoms with van der Waals surface area (Å²) in [5, 5.41) is 4.17. The molecule has 0 amide bonds. The Hall–Kier alpha value is -0.930. The van der Waals surface area contributed by atoms with Gasteiger partial charge in [0.2, 0.25) is 0 Å². The molecule has 2 heterocycles. The molecule has 18 heavy (non-hydrogen) atoms. The summed E-state index contributed by atoms with van der Waals surface area (Å²) in [6.07, 6.45) is -4.48. The first-order valence-electron chi connectivity index (χ1n) is 5.10. The fraction of sp³-hybridized carbons (Fsp3) is 0.500. The van der Waals surface area contributed by atoms with E-state index in [1.165, 1.54) is 4.52 Å². The topological polar surface area (TPSA) is 43.1 Å². The zero-order chi connectivity index (χ0) is 13.7. The van der Waals surface area contributed by atoms with Crippen molar-refractivity contribution in [1.82, 2.24) is 19.6 Å². The van der Waals surface area contributed by atoms with Crippen LogP contribution in [-0.4, -0.2) is 19.6 Å². The fourth-order valence-corrected chi connectivity index (χ4v) is 1.93. The summed E-state index contributed by atoms with van der Waals surface area (Å²) < 4.78 is 39.3. The van der Waals surface area contributed by atoms with Crippen LogP contribution < -0.4 is 0 Å². The number of alkyl halides is 3. The van der Waals surface area contributed by atoms with Crippen molar-refractivity contribution in [1.29, 1.82) is 0 Å². The van der Waals surface area contributed by atoms with Crippen molar-refractivity contribution in [3.63, 3.8) is 0 Å². The molecule has 0 N–H and O–H groups in total. The number of nitrogens with zero attached hydrogens (tertiary/aromatic N) is 4. The van der Waals surface area contributed by atoms with Crippen molar-refractivity contribution < 1.29 is 13.2 Å². The van der Waals surface area contributed by atoms with Crippen molar-refractivity contribution in [2.75, 3.05) is 0 Å². The maximum absolute atomic E-state index is 12.6. The molecule has 0 unspecified atom stereocenters. The van der Waals surface area contributed by atoms with Gasteiger partial charge in [-0.3, -0.25) is 0 Å². The second-order valence-electron chi connectivity index (χ2n) is 4.86. The van der Waals surface area contributed by atoms with Crippen LogP contribution in [0.1, 0.15) is 32.3 Å². The quantitative estimate of drug-likeness (QED) is 0.529. The molecular formula is C10H10F3IN4. The molecule has 0 bridgehead atoms. The molecule has 2 rings (SSSR count). The van der Waals surface area contributed by atoms with Gasteiger partial charge in [-0.25, -0.2) is 9.97 Å². The molecule has 0 aliphatic heterocycles. The molecular weight excluding hydrogens is 360 g/mol. The first kappa shape index (κ1) is 13.5. The molecule has 0 fully saturated rings. The smallest absolute Gasteiger partial charge is 0.218 e. The highest BCUT2D eigenvalue weighted by Gasteiger charge is 2.34. The van der Waals surface area contributed by atoms with Gasteiger partial charge in [0, 0.05) is 34.1 Å². The third-order valence-corrected chi connectivity index (χ3v) is 2.94. The van der Waals surface area contributed by atoms with E-state index in [1.54, 1.807) is 22.6 Å². The van der Waals surface area contributed by atoms with Gasteiger partial charge in [0.25, 0.3) is 0 Å². The number of fused-ring (bicyclic) bond motifs is 1. The van der Waals surface area contributed by atoms with Gasteiger partial charge in [-0.1, -0.05) is 20.8 Å². The van der Waals surface area contributed by atoms with Crippen LogP contribution in [0, 0.1) is 3.83 Å². The third-order valence-electron chi connectivity index (χ3n) is 2.25. The number of aromatic nitrogens is 4. The summed E-state index contributed by atoms with van der Waals surface area (Å²) in [6.45, 7) is 5.69. The van der Waals surface area contributed by atoms with Crippen LogP contribution in [0.2, 0.25) is 0 Å². The van der Waals surface area contributed by atoms with E-state index in [0.29, 0.717) is 5.82 Å². The van der Waals surface area contributed by atoms with Crippen molar-refractivity contribution in [3.8, 4) is 0 Å². The number of rotatable bonds is 0. The minimum Gasteiger partial charge on any atom is -0.218 e. The molecule has 0 saturated carbocycles. The second-order valence-corrected chi connectivity index (χ2v) is 5.83. The van der Waals surface area contributed by atoms with E-state index < -0.39 is 11.9 Å². The summed E-state index contributed by atoms with van der Waals surface area (Å²) in [7, 11) is 0. The van der Waals surface area contributed by atoms with Gasteiger partial charge in [-0.2, -0.15) is 17.7 Å². The highest BCUT2D eigenvalue weighted by molar-refractivity contribution is 14.1. The zero-order valence-corrected chi connectivity index (χ0v) is 12.0. The van der Waals surface area contributed by atoms with Gasteiger partial charge in [0.15, 0.2) is 21.0 Å². The lowest BCUT2D eigenvalue weighted by molar-refractivity contribution is -0.141. The molecule has 0 aromatic carbocycles. The van der Waals surface area contributed by atoms with E-state index in [2.05, 4.69) is 15.1 Å². The van der Waals surface area contributed by atoms with Crippen LogP contribution >= 0.6 is 22.6 Å². The summed E-state index contributed by atoms with van der Waals surface area (Å²) in [5.41, 5.74) is -1.12. The van der Waals surface area contributed by atoms with E-state index in [4.69, 9.17) is 0 Å². The molecule has 2 aromatic rings. The molecule has 0 atom stereocenters. The van der Waals surface area contributed by atoms with Crippen molar-refractivity contribution in [2.24, 2.45) is 0 Å². The number of halogens is 4. The van der Waals surface area contributed by atoms with E-state index >= 15 is 0 Å². The Balaban J connectivity index is 2.67. The third kappa shape index (κ3) is 2.43. The average Bonchev–Trinajstić information content (AvgIpc) is 2.59. The van der Waals surface area contributed by atoms with Gasteiger partial charge in [-0.05, 0) is 0 Å². The maximum atomic E-state index is 12.6. The molecule has 0 aliphatic carbocycles. The number of hydrogen-bond donors (Lipinski definition) is 0. The van der Waals surface area contributed by atoms with Crippen molar-refractivity contribution in [3.05, 3.63) is 21.4 Å². The molecule has 0 radical (unpaired) electrons. The minimum atomic E-state index is -4.48. The Morgan fingerprint density at radius 3 is 2.28 bits per heavy atom. The van der Waals surface area contributed by atoms with Crippen LogP contribution in [-0.2, 0) is 11.6 Å². The monoisotopic (exact) mass is 370 g/mol. The molecule has 0 aliphatic rings. The molecule has 98 valence electrons. The summed E-state index contributed by atoms with van der Waals surface area (Å²) >= 11 is 1.71. The predicted octanol–water partition coefficient (Wildman–Crippen LogP) is 3.05. The van der Waals surface area contributed by atoms with Gasteiger partial charge in [-0.15, -0.1) is 5.10 Å².